The molecular weight excluding hydrogens is 160 g/mol. The molecule has 76 valence electrons. The third kappa shape index (κ3) is 1.62. The van der Waals surface area contributed by atoms with Gasteiger partial charge in [0.15, 0.2) is 0 Å². The van der Waals surface area contributed by atoms with Crippen molar-refractivity contribution in [3.8, 4) is 0 Å². The average Bonchev–Trinajstić information content (AvgIpc) is 2.41. The molecule has 2 aliphatic carbocycles. The molecule has 13 heavy (non-hydrogen) atoms. The van der Waals surface area contributed by atoms with Gasteiger partial charge in [-0.1, -0.05) is 6.92 Å². The van der Waals surface area contributed by atoms with E-state index in [2.05, 4.69) is 6.92 Å². The maximum absolute atomic E-state index is 5.85. The quantitative estimate of drug-likeness (QED) is 0.677. The number of nitrogens with two attached hydrogens (primary N) is 2. The van der Waals surface area contributed by atoms with Crippen molar-refractivity contribution >= 4 is 0 Å². The van der Waals surface area contributed by atoms with Crippen LogP contribution in [0.15, 0.2) is 0 Å². The van der Waals surface area contributed by atoms with Gasteiger partial charge in [-0.15, -0.1) is 0 Å². The summed E-state index contributed by atoms with van der Waals surface area (Å²) in [5.41, 5.74) is 12.1. The van der Waals surface area contributed by atoms with Gasteiger partial charge in [0.25, 0.3) is 0 Å². The molecule has 0 aromatic rings. The van der Waals surface area contributed by atoms with Crippen molar-refractivity contribution in [3.63, 3.8) is 0 Å². The number of fused-ring (bicyclic) bond motifs is 2. The zero-order valence-corrected chi connectivity index (χ0v) is 8.63. The van der Waals surface area contributed by atoms with Crippen molar-refractivity contribution in [1.82, 2.24) is 0 Å². The van der Waals surface area contributed by atoms with E-state index < -0.39 is 0 Å². The Morgan fingerprint density at radius 1 is 1.23 bits per heavy atom. The average molecular weight is 182 g/mol. The zero-order valence-electron chi connectivity index (χ0n) is 8.63. The molecule has 2 saturated carbocycles. The highest BCUT2D eigenvalue weighted by Gasteiger charge is 2.44. The summed E-state index contributed by atoms with van der Waals surface area (Å²) in [4.78, 5) is 0. The second kappa shape index (κ2) is 3.25. The van der Waals surface area contributed by atoms with Gasteiger partial charge in [0.2, 0.25) is 0 Å². The van der Waals surface area contributed by atoms with Crippen LogP contribution >= 0.6 is 0 Å². The molecule has 0 radical (unpaired) electrons. The predicted molar refractivity (Wildman–Crippen MR) is 55.2 cm³/mol. The predicted octanol–water partition coefficient (Wildman–Crippen LogP) is 1.35. The highest BCUT2D eigenvalue weighted by molar-refractivity contribution is 4.96. The minimum Gasteiger partial charge on any atom is -0.330 e. The summed E-state index contributed by atoms with van der Waals surface area (Å²) in [5.74, 6) is 2.62. The van der Waals surface area contributed by atoms with E-state index >= 15 is 0 Å². The summed E-state index contributed by atoms with van der Waals surface area (Å²) in [7, 11) is 0. The fourth-order valence-electron chi connectivity index (χ4n) is 3.62. The second-order valence-electron chi connectivity index (χ2n) is 5.52. The van der Waals surface area contributed by atoms with E-state index in [1.54, 1.807) is 0 Å². The first-order valence-electron chi connectivity index (χ1n) is 5.57. The molecule has 2 nitrogen and oxygen atoms in total. The highest BCUT2D eigenvalue weighted by Crippen LogP contribution is 2.52. The minimum absolute atomic E-state index is 0.428. The van der Waals surface area contributed by atoms with Gasteiger partial charge in [0.05, 0.1) is 0 Å². The van der Waals surface area contributed by atoms with Gasteiger partial charge in [-0.25, -0.2) is 0 Å². The van der Waals surface area contributed by atoms with Gasteiger partial charge in [0.1, 0.15) is 0 Å². The molecule has 0 amide bonds. The summed E-state index contributed by atoms with van der Waals surface area (Å²) in [6.45, 7) is 4.10. The standard InChI is InChI=1S/C11H22N2/c1-11(7-13)4-8-2-9(5-11)10(3-8)6-12/h8-10H,2-7,12-13H2,1H3. The van der Waals surface area contributed by atoms with Gasteiger partial charge in [0, 0.05) is 0 Å². The molecule has 0 heterocycles. The summed E-state index contributed by atoms with van der Waals surface area (Å²) in [6.07, 6.45) is 5.46. The number of rotatable bonds is 2. The lowest BCUT2D eigenvalue weighted by Gasteiger charge is -2.37. The van der Waals surface area contributed by atoms with E-state index in [9.17, 15) is 0 Å². The fourth-order valence-corrected chi connectivity index (χ4v) is 3.62. The fraction of sp³-hybridized carbons (Fsp3) is 1.00. The molecule has 0 aromatic heterocycles. The van der Waals surface area contributed by atoms with Crippen molar-refractivity contribution in [2.75, 3.05) is 13.1 Å². The van der Waals surface area contributed by atoms with Crippen molar-refractivity contribution in [1.29, 1.82) is 0 Å². The molecule has 2 aliphatic rings. The molecule has 2 heteroatoms. The Morgan fingerprint density at radius 2 is 2.00 bits per heavy atom. The Hall–Kier alpha value is -0.0800. The molecule has 0 aliphatic heterocycles. The monoisotopic (exact) mass is 182 g/mol. The summed E-state index contributed by atoms with van der Waals surface area (Å²) < 4.78 is 0. The first kappa shape index (κ1) is 9.47. The van der Waals surface area contributed by atoms with Gasteiger partial charge in [-0.3, -0.25) is 0 Å². The molecule has 2 fully saturated rings. The van der Waals surface area contributed by atoms with Crippen LogP contribution in [0.1, 0.15) is 32.6 Å². The lowest BCUT2D eigenvalue weighted by molar-refractivity contribution is 0.151. The molecule has 0 aromatic carbocycles. The first-order valence-corrected chi connectivity index (χ1v) is 5.57. The lowest BCUT2D eigenvalue weighted by atomic mass is 9.70. The maximum Gasteiger partial charge on any atom is -0.00230 e. The van der Waals surface area contributed by atoms with Crippen LogP contribution in [0.4, 0.5) is 0 Å². The van der Waals surface area contributed by atoms with E-state index in [0.717, 1.165) is 30.8 Å². The van der Waals surface area contributed by atoms with Crippen LogP contribution in [0, 0.1) is 23.2 Å². The van der Waals surface area contributed by atoms with Crippen LogP contribution < -0.4 is 11.5 Å². The normalized spacial score (nSPS) is 49.6. The highest BCUT2D eigenvalue weighted by atomic mass is 14.6. The van der Waals surface area contributed by atoms with Crippen LogP contribution in [0.25, 0.3) is 0 Å². The Labute approximate surface area is 81.1 Å². The van der Waals surface area contributed by atoms with Crippen molar-refractivity contribution < 1.29 is 0 Å². The van der Waals surface area contributed by atoms with Crippen LogP contribution in [-0.4, -0.2) is 13.1 Å². The molecule has 4 atom stereocenters. The maximum atomic E-state index is 5.85. The van der Waals surface area contributed by atoms with Crippen LogP contribution in [-0.2, 0) is 0 Å². The molecule has 0 saturated heterocycles. The largest absolute Gasteiger partial charge is 0.330 e. The van der Waals surface area contributed by atoms with E-state index in [1.807, 2.05) is 0 Å². The number of hydrogen-bond donors (Lipinski definition) is 2. The van der Waals surface area contributed by atoms with Crippen LogP contribution in [0.5, 0.6) is 0 Å². The van der Waals surface area contributed by atoms with E-state index in [-0.39, 0.29) is 0 Å². The van der Waals surface area contributed by atoms with Gasteiger partial charge in [-0.2, -0.15) is 0 Å². The van der Waals surface area contributed by atoms with E-state index in [4.69, 9.17) is 11.5 Å². The van der Waals surface area contributed by atoms with Gasteiger partial charge in [-0.05, 0) is 61.9 Å². The molecule has 4 N–H and O–H groups in total. The van der Waals surface area contributed by atoms with Crippen LogP contribution in [0.3, 0.4) is 0 Å². The minimum atomic E-state index is 0.428. The molecule has 4 unspecified atom stereocenters. The van der Waals surface area contributed by atoms with Crippen molar-refractivity contribution in [2.24, 2.45) is 34.6 Å². The number of hydrogen-bond acceptors (Lipinski definition) is 2. The zero-order chi connectivity index (χ0) is 9.47. The smallest absolute Gasteiger partial charge is 0.00230 e. The summed E-state index contributed by atoms with van der Waals surface area (Å²) in [6, 6.07) is 0. The molecular formula is C11H22N2. The third-order valence-corrected chi connectivity index (χ3v) is 4.27. The first-order chi connectivity index (χ1) is 6.17. The molecule has 2 rings (SSSR count). The van der Waals surface area contributed by atoms with E-state index in [0.29, 0.717) is 5.41 Å². The van der Waals surface area contributed by atoms with Gasteiger partial charge < -0.3 is 11.5 Å². The Kier molecular flexibility index (Phi) is 2.37. The van der Waals surface area contributed by atoms with E-state index in [1.165, 1.54) is 25.7 Å². The lowest BCUT2D eigenvalue weighted by Crippen LogP contribution is -2.34. The van der Waals surface area contributed by atoms with Crippen molar-refractivity contribution in [2.45, 2.75) is 32.6 Å². The Balaban J connectivity index is 2.07. The third-order valence-electron chi connectivity index (χ3n) is 4.27. The summed E-state index contributed by atoms with van der Waals surface area (Å²) >= 11 is 0. The van der Waals surface area contributed by atoms with Crippen molar-refractivity contribution in [3.05, 3.63) is 0 Å². The Morgan fingerprint density at radius 3 is 2.62 bits per heavy atom. The topological polar surface area (TPSA) is 52.0 Å². The summed E-state index contributed by atoms with van der Waals surface area (Å²) in [5, 5.41) is 0. The second-order valence-corrected chi connectivity index (χ2v) is 5.52. The molecule has 2 bridgehead atoms. The van der Waals surface area contributed by atoms with Crippen LogP contribution in [0.2, 0.25) is 0 Å². The van der Waals surface area contributed by atoms with Gasteiger partial charge >= 0.3 is 0 Å². The SMILES string of the molecule is CC1(CN)CC2CC(CN)C(C2)C1. The Bertz CT molecular complexity index is 193. The molecule has 0 spiro atoms.